The van der Waals surface area contributed by atoms with E-state index in [1.54, 1.807) is 12.1 Å². The topological polar surface area (TPSA) is 58.4 Å². The normalized spacial score (nSPS) is 16.5. The highest BCUT2D eigenvalue weighted by molar-refractivity contribution is 5.32. The number of nitro benzene ring substituents is 1. The number of non-ortho nitro benzene ring substituents is 1. The zero-order valence-corrected chi connectivity index (χ0v) is 12.0. The Morgan fingerprint density at radius 2 is 1.95 bits per heavy atom. The lowest BCUT2D eigenvalue weighted by atomic mass is 9.97. The van der Waals surface area contributed by atoms with E-state index in [1.165, 1.54) is 12.8 Å². The summed E-state index contributed by atoms with van der Waals surface area (Å²) in [7, 11) is 2.16. The van der Waals surface area contributed by atoms with E-state index in [-0.39, 0.29) is 10.6 Å². The SMILES string of the molecule is CN(CCc1ccc([N+](=O)[O-])cc1)CC1CCNCC1. The quantitative estimate of drug-likeness (QED) is 0.639. The van der Waals surface area contributed by atoms with Crippen molar-refractivity contribution in [1.82, 2.24) is 10.2 Å². The summed E-state index contributed by atoms with van der Waals surface area (Å²) in [6, 6.07) is 6.89. The van der Waals surface area contributed by atoms with Gasteiger partial charge in [-0.05, 0) is 50.9 Å². The van der Waals surface area contributed by atoms with Crippen LogP contribution in [-0.2, 0) is 6.42 Å². The molecule has 1 aliphatic heterocycles. The first-order chi connectivity index (χ1) is 9.65. The zero-order valence-electron chi connectivity index (χ0n) is 12.0. The van der Waals surface area contributed by atoms with Gasteiger partial charge in [0.05, 0.1) is 4.92 Å². The van der Waals surface area contributed by atoms with E-state index in [2.05, 4.69) is 17.3 Å². The zero-order chi connectivity index (χ0) is 14.4. The van der Waals surface area contributed by atoms with Crippen LogP contribution in [0.4, 0.5) is 5.69 Å². The van der Waals surface area contributed by atoms with Crippen molar-refractivity contribution in [3.8, 4) is 0 Å². The molecule has 0 saturated carbocycles. The second kappa shape index (κ2) is 7.36. The van der Waals surface area contributed by atoms with Gasteiger partial charge in [0.2, 0.25) is 0 Å². The molecule has 5 heteroatoms. The van der Waals surface area contributed by atoms with Crippen LogP contribution < -0.4 is 5.32 Å². The highest BCUT2D eigenvalue weighted by Gasteiger charge is 2.14. The molecule has 1 aromatic carbocycles. The molecule has 0 unspecified atom stereocenters. The first kappa shape index (κ1) is 14.9. The molecule has 1 saturated heterocycles. The van der Waals surface area contributed by atoms with Crippen LogP contribution in [0.25, 0.3) is 0 Å². The van der Waals surface area contributed by atoms with Crippen molar-refractivity contribution in [2.45, 2.75) is 19.3 Å². The van der Waals surface area contributed by atoms with Crippen molar-refractivity contribution < 1.29 is 4.92 Å². The van der Waals surface area contributed by atoms with Crippen molar-refractivity contribution in [2.75, 3.05) is 33.2 Å². The molecule has 0 spiro atoms. The van der Waals surface area contributed by atoms with Crippen molar-refractivity contribution in [3.63, 3.8) is 0 Å². The van der Waals surface area contributed by atoms with Gasteiger partial charge in [-0.25, -0.2) is 0 Å². The highest BCUT2D eigenvalue weighted by atomic mass is 16.6. The van der Waals surface area contributed by atoms with E-state index in [1.807, 2.05) is 12.1 Å². The summed E-state index contributed by atoms with van der Waals surface area (Å²) in [6.45, 7) is 4.43. The van der Waals surface area contributed by atoms with Crippen LogP contribution in [-0.4, -0.2) is 43.0 Å². The minimum Gasteiger partial charge on any atom is -0.317 e. The first-order valence-electron chi connectivity index (χ1n) is 7.28. The summed E-state index contributed by atoms with van der Waals surface area (Å²) >= 11 is 0. The van der Waals surface area contributed by atoms with E-state index < -0.39 is 0 Å². The number of hydrogen-bond donors (Lipinski definition) is 1. The summed E-state index contributed by atoms with van der Waals surface area (Å²) in [5.41, 5.74) is 1.32. The van der Waals surface area contributed by atoms with E-state index in [0.29, 0.717) is 0 Å². The van der Waals surface area contributed by atoms with Crippen molar-refractivity contribution in [2.24, 2.45) is 5.92 Å². The van der Waals surface area contributed by atoms with Crippen LogP contribution in [0.2, 0.25) is 0 Å². The van der Waals surface area contributed by atoms with Crippen molar-refractivity contribution >= 4 is 5.69 Å². The number of rotatable bonds is 6. The fourth-order valence-corrected chi connectivity index (χ4v) is 2.70. The molecule has 2 rings (SSSR count). The van der Waals surface area contributed by atoms with Crippen LogP contribution in [0.1, 0.15) is 18.4 Å². The fourth-order valence-electron chi connectivity index (χ4n) is 2.70. The Morgan fingerprint density at radius 1 is 1.30 bits per heavy atom. The summed E-state index contributed by atoms with van der Waals surface area (Å²) in [5.74, 6) is 0.804. The van der Waals surface area contributed by atoms with Gasteiger partial charge < -0.3 is 10.2 Å². The van der Waals surface area contributed by atoms with Gasteiger partial charge in [0, 0.05) is 25.2 Å². The number of nitrogens with one attached hydrogen (secondary N) is 1. The molecule has 0 atom stereocenters. The highest BCUT2D eigenvalue weighted by Crippen LogP contribution is 2.14. The van der Waals surface area contributed by atoms with Crippen molar-refractivity contribution in [3.05, 3.63) is 39.9 Å². The third-order valence-corrected chi connectivity index (χ3v) is 3.96. The van der Waals surface area contributed by atoms with E-state index in [4.69, 9.17) is 0 Å². The van der Waals surface area contributed by atoms with Gasteiger partial charge in [-0.2, -0.15) is 0 Å². The molecule has 5 nitrogen and oxygen atoms in total. The predicted molar refractivity (Wildman–Crippen MR) is 79.9 cm³/mol. The maximum Gasteiger partial charge on any atom is 0.269 e. The number of benzene rings is 1. The molecule has 1 aliphatic rings. The van der Waals surface area contributed by atoms with Gasteiger partial charge in [-0.3, -0.25) is 10.1 Å². The second-order valence-electron chi connectivity index (χ2n) is 5.63. The maximum atomic E-state index is 10.6. The molecule has 0 aliphatic carbocycles. The molecule has 1 aromatic rings. The van der Waals surface area contributed by atoms with E-state index in [0.717, 1.165) is 44.1 Å². The lowest BCUT2D eigenvalue weighted by molar-refractivity contribution is -0.384. The van der Waals surface area contributed by atoms with Crippen LogP contribution >= 0.6 is 0 Å². The fraction of sp³-hybridized carbons (Fsp3) is 0.600. The van der Waals surface area contributed by atoms with Crippen LogP contribution in [0.3, 0.4) is 0 Å². The minimum atomic E-state index is -0.354. The molecular formula is C15H23N3O2. The van der Waals surface area contributed by atoms with Gasteiger partial charge in [-0.1, -0.05) is 12.1 Å². The number of nitrogens with zero attached hydrogens (tertiary/aromatic N) is 2. The molecule has 0 aromatic heterocycles. The van der Waals surface area contributed by atoms with Crippen LogP contribution in [0, 0.1) is 16.0 Å². The number of hydrogen-bond acceptors (Lipinski definition) is 4. The molecule has 110 valence electrons. The number of piperidine rings is 1. The second-order valence-corrected chi connectivity index (χ2v) is 5.63. The number of nitro groups is 1. The molecule has 1 fully saturated rings. The first-order valence-corrected chi connectivity index (χ1v) is 7.28. The maximum absolute atomic E-state index is 10.6. The molecule has 0 radical (unpaired) electrons. The predicted octanol–water partition coefficient (Wildman–Crippen LogP) is 2.07. The summed E-state index contributed by atoms with van der Waals surface area (Å²) in [4.78, 5) is 12.6. The molecular weight excluding hydrogens is 254 g/mol. The standard InChI is InChI=1S/C15H23N3O2/c1-17(12-14-6-9-16-10-7-14)11-8-13-2-4-15(5-3-13)18(19)20/h2-5,14,16H,6-12H2,1H3. The van der Waals surface area contributed by atoms with Gasteiger partial charge in [0.1, 0.15) is 0 Å². The molecule has 20 heavy (non-hydrogen) atoms. The Kier molecular flexibility index (Phi) is 5.49. The summed E-state index contributed by atoms with van der Waals surface area (Å²) in [6.07, 6.45) is 3.48. The lowest BCUT2D eigenvalue weighted by Gasteiger charge is -2.27. The third kappa shape index (κ3) is 4.58. The smallest absolute Gasteiger partial charge is 0.269 e. The monoisotopic (exact) mass is 277 g/mol. The van der Waals surface area contributed by atoms with Gasteiger partial charge in [-0.15, -0.1) is 0 Å². The average Bonchev–Trinajstić information content (AvgIpc) is 2.46. The van der Waals surface area contributed by atoms with E-state index >= 15 is 0 Å². The Hall–Kier alpha value is -1.46. The Labute approximate surface area is 120 Å². The molecule has 1 heterocycles. The van der Waals surface area contributed by atoms with Gasteiger partial charge in [0.25, 0.3) is 5.69 Å². The molecule has 0 bridgehead atoms. The van der Waals surface area contributed by atoms with Crippen molar-refractivity contribution in [1.29, 1.82) is 0 Å². The Bertz CT molecular complexity index is 427. The van der Waals surface area contributed by atoms with Crippen LogP contribution in [0.5, 0.6) is 0 Å². The van der Waals surface area contributed by atoms with E-state index in [9.17, 15) is 10.1 Å². The van der Waals surface area contributed by atoms with Gasteiger partial charge >= 0.3 is 0 Å². The Balaban J connectivity index is 1.74. The third-order valence-electron chi connectivity index (χ3n) is 3.96. The van der Waals surface area contributed by atoms with Crippen LogP contribution in [0.15, 0.2) is 24.3 Å². The molecule has 0 amide bonds. The lowest BCUT2D eigenvalue weighted by Crippen LogP contribution is -2.35. The van der Waals surface area contributed by atoms with Gasteiger partial charge in [0.15, 0.2) is 0 Å². The Morgan fingerprint density at radius 3 is 2.55 bits per heavy atom. The summed E-state index contributed by atoms with van der Waals surface area (Å²) < 4.78 is 0. The number of likely N-dealkylation sites (N-methyl/N-ethyl adjacent to an activating group) is 1. The molecule has 1 N–H and O–H groups in total. The summed E-state index contributed by atoms with van der Waals surface area (Å²) in [5, 5.41) is 14.0. The minimum absolute atomic E-state index is 0.164. The average molecular weight is 277 g/mol. The largest absolute Gasteiger partial charge is 0.317 e.